The van der Waals surface area contributed by atoms with Crippen LogP contribution in [0, 0.1) is 0 Å². The molecule has 3 aromatic rings. The summed E-state index contributed by atoms with van der Waals surface area (Å²) in [6, 6.07) is 17.6. The van der Waals surface area contributed by atoms with E-state index < -0.39 is 0 Å². The molecule has 2 aliphatic heterocycles. The first-order valence-electron chi connectivity index (χ1n) is 13.9. The molecular weight excluding hydrogens is 510 g/mol. The van der Waals surface area contributed by atoms with Gasteiger partial charge in [-0.15, -0.1) is 10.2 Å². The van der Waals surface area contributed by atoms with E-state index in [0.717, 1.165) is 63.1 Å². The Labute approximate surface area is 234 Å². The first kappa shape index (κ1) is 27.2. The number of carbonyl (C=O) groups excluding carboxylic acids is 2. The molecule has 0 atom stereocenters. The average molecular weight is 548 g/mol. The van der Waals surface area contributed by atoms with Crippen molar-refractivity contribution in [3.8, 4) is 0 Å². The minimum atomic E-state index is -0.0883. The Bertz CT molecular complexity index is 1200. The quantitative estimate of drug-likeness (QED) is 0.403. The highest BCUT2D eigenvalue weighted by atomic mass is 32.1. The number of nitrogens with one attached hydrogen (secondary N) is 2. The van der Waals surface area contributed by atoms with Crippen LogP contribution in [0.3, 0.4) is 0 Å². The van der Waals surface area contributed by atoms with E-state index in [9.17, 15) is 9.59 Å². The molecule has 0 radical (unpaired) electrons. The number of hydrogen-bond donors (Lipinski definition) is 2. The number of hydrogen-bond acceptors (Lipinski definition) is 8. The van der Waals surface area contributed by atoms with E-state index in [1.165, 1.54) is 36.2 Å². The number of nitrogens with zero attached hydrogens (tertiary/aromatic N) is 5. The first-order valence-corrected chi connectivity index (χ1v) is 14.7. The van der Waals surface area contributed by atoms with E-state index in [1.54, 1.807) is 0 Å². The molecule has 2 aliphatic rings. The number of amides is 2. The summed E-state index contributed by atoms with van der Waals surface area (Å²) < 4.78 is 0. The van der Waals surface area contributed by atoms with Gasteiger partial charge >= 0.3 is 0 Å². The fraction of sp³-hybridized carbons (Fsp3) is 0.448. The molecule has 9 nitrogen and oxygen atoms in total. The second-order valence-corrected chi connectivity index (χ2v) is 11.2. The van der Waals surface area contributed by atoms with Crippen molar-refractivity contribution in [2.24, 2.45) is 0 Å². The van der Waals surface area contributed by atoms with Crippen LogP contribution >= 0.6 is 11.3 Å². The molecule has 0 spiro atoms. The van der Waals surface area contributed by atoms with Crippen molar-refractivity contribution in [2.45, 2.75) is 32.2 Å². The van der Waals surface area contributed by atoms with Gasteiger partial charge in [-0.1, -0.05) is 60.2 Å². The summed E-state index contributed by atoms with van der Waals surface area (Å²) in [6.45, 7) is 8.29. The van der Waals surface area contributed by atoms with Crippen LogP contribution in [-0.4, -0.2) is 84.2 Å². The third kappa shape index (κ3) is 8.08. The Balaban J connectivity index is 1.02. The summed E-state index contributed by atoms with van der Waals surface area (Å²) in [5, 5.41) is 15.8. The summed E-state index contributed by atoms with van der Waals surface area (Å²) in [5.74, 6) is -0.0884. The minimum absolute atomic E-state index is 0.000133. The van der Waals surface area contributed by atoms with E-state index in [0.29, 0.717) is 23.7 Å². The Morgan fingerprint density at radius 1 is 0.795 bits per heavy atom. The molecule has 206 valence electrons. The second-order valence-electron chi connectivity index (χ2n) is 10.2. The van der Waals surface area contributed by atoms with Crippen molar-refractivity contribution in [3.63, 3.8) is 0 Å². The van der Waals surface area contributed by atoms with Gasteiger partial charge < -0.3 is 20.4 Å². The highest BCUT2D eigenvalue weighted by Crippen LogP contribution is 2.25. The van der Waals surface area contributed by atoms with Crippen LogP contribution in [0.1, 0.15) is 40.7 Å². The Hall–Kier alpha value is -3.34. The van der Waals surface area contributed by atoms with E-state index >= 15 is 0 Å². The van der Waals surface area contributed by atoms with Gasteiger partial charge in [0.25, 0.3) is 5.91 Å². The Morgan fingerprint density at radius 3 is 2.28 bits per heavy atom. The molecule has 1 aromatic heterocycles. The number of benzene rings is 2. The SMILES string of the molecule is O=C(Cc1ccccc1)Nc1nnc(N2CCN(Cc3ccc(C(=O)NCCN4CCCCC4)cc3)CC2)s1. The number of carbonyl (C=O) groups is 2. The molecule has 2 fully saturated rings. The van der Waals surface area contributed by atoms with Crippen molar-refractivity contribution in [2.75, 3.05) is 62.6 Å². The van der Waals surface area contributed by atoms with Crippen LogP contribution in [0.2, 0.25) is 0 Å². The van der Waals surface area contributed by atoms with Gasteiger partial charge in [0.1, 0.15) is 0 Å². The van der Waals surface area contributed by atoms with Gasteiger partial charge in [0.2, 0.25) is 16.2 Å². The monoisotopic (exact) mass is 547 g/mol. The third-order valence-corrected chi connectivity index (χ3v) is 8.20. The Morgan fingerprint density at radius 2 is 1.54 bits per heavy atom. The Kier molecular flexibility index (Phi) is 9.52. The number of piperazine rings is 1. The van der Waals surface area contributed by atoms with Gasteiger partial charge in [-0.25, -0.2) is 0 Å². The van der Waals surface area contributed by atoms with Crippen LogP contribution < -0.4 is 15.5 Å². The number of likely N-dealkylation sites (tertiary alicyclic amines) is 1. The molecule has 0 aliphatic carbocycles. The molecule has 2 N–H and O–H groups in total. The van der Waals surface area contributed by atoms with Crippen molar-refractivity contribution in [3.05, 3.63) is 71.3 Å². The molecule has 5 rings (SSSR count). The van der Waals surface area contributed by atoms with Crippen LogP contribution in [0.5, 0.6) is 0 Å². The smallest absolute Gasteiger partial charge is 0.251 e. The lowest BCUT2D eigenvalue weighted by Gasteiger charge is -2.34. The molecule has 2 saturated heterocycles. The summed E-state index contributed by atoms with van der Waals surface area (Å²) in [4.78, 5) is 31.9. The van der Waals surface area contributed by atoms with Crippen LogP contribution in [0.25, 0.3) is 0 Å². The van der Waals surface area contributed by atoms with E-state index in [2.05, 4.69) is 47.7 Å². The number of rotatable bonds is 10. The molecule has 0 bridgehead atoms. The maximum absolute atomic E-state index is 12.5. The van der Waals surface area contributed by atoms with Gasteiger partial charge in [-0.3, -0.25) is 14.5 Å². The fourth-order valence-electron chi connectivity index (χ4n) is 5.07. The highest BCUT2D eigenvalue weighted by molar-refractivity contribution is 7.19. The van der Waals surface area contributed by atoms with Crippen LogP contribution in [0.4, 0.5) is 10.3 Å². The lowest BCUT2D eigenvalue weighted by Crippen LogP contribution is -2.45. The fourth-order valence-corrected chi connectivity index (χ4v) is 5.88. The standard InChI is InChI=1S/C29H37N7O2S/c37-26(21-23-7-3-1-4-8-23)31-28-32-33-29(39-28)36-19-17-35(18-20-36)22-24-9-11-25(12-10-24)27(38)30-13-16-34-14-5-2-6-15-34/h1,3-4,7-12H,2,5-6,13-22H2,(H,30,38)(H,31,32,37). The summed E-state index contributed by atoms with van der Waals surface area (Å²) in [5.41, 5.74) is 2.88. The lowest BCUT2D eigenvalue weighted by atomic mass is 10.1. The van der Waals surface area contributed by atoms with Crippen molar-refractivity contribution < 1.29 is 9.59 Å². The molecular formula is C29H37N7O2S. The van der Waals surface area contributed by atoms with Gasteiger partial charge in [0.15, 0.2) is 0 Å². The van der Waals surface area contributed by atoms with Crippen molar-refractivity contribution in [1.82, 2.24) is 25.3 Å². The molecule has 0 saturated carbocycles. The predicted molar refractivity (Wildman–Crippen MR) is 155 cm³/mol. The van der Waals surface area contributed by atoms with Crippen LogP contribution in [0.15, 0.2) is 54.6 Å². The zero-order chi connectivity index (χ0) is 26.9. The maximum atomic E-state index is 12.5. The van der Waals surface area contributed by atoms with E-state index in [1.807, 2.05) is 42.5 Å². The normalized spacial score (nSPS) is 16.7. The largest absolute Gasteiger partial charge is 0.351 e. The number of aromatic nitrogens is 2. The second kappa shape index (κ2) is 13.6. The number of anilines is 2. The van der Waals surface area contributed by atoms with E-state index in [-0.39, 0.29) is 11.8 Å². The number of piperidine rings is 1. The first-order chi connectivity index (χ1) is 19.1. The summed E-state index contributed by atoms with van der Waals surface area (Å²) in [7, 11) is 0. The zero-order valence-corrected chi connectivity index (χ0v) is 23.2. The van der Waals surface area contributed by atoms with Crippen molar-refractivity contribution >= 4 is 33.4 Å². The van der Waals surface area contributed by atoms with Gasteiger partial charge in [0, 0.05) is 51.4 Å². The molecule has 2 aromatic carbocycles. The minimum Gasteiger partial charge on any atom is -0.351 e. The molecule has 3 heterocycles. The molecule has 0 unspecified atom stereocenters. The molecule has 10 heteroatoms. The predicted octanol–water partition coefficient (Wildman–Crippen LogP) is 3.26. The summed E-state index contributed by atoms with van der Waals surface area (Å²) in [6.07, 6.45) is 4.18. The third-order valence-electron chi connectivity index (χ3n) is 7.30. The maximum Gasteiger partial charge on any atom is 0.251 e. The highest BCUT2D eigenvalue weighted by Gasteiger charge is 2.21. The zero-order valence-electron chi connectivity index (χ0n) is 22.3. The van der Waals surface area contributed by atoms with Gasteiger partial charge in [-0.2, -0.15) is 0 Å². The van der Waals surface area contributed by atoms with Crippen molar-refractivity contribution in [1.29, 1.82) is 0 Å². The van der Waals surface area contributed by atoms with Crippen LogP contribution in [-0.2, 0) is 17.8 Å². The average Bonchev–Trinajstić information content (AvgIpc) is 3.43. The summed E-state index contributed by atoms with van der Waals surface area (Å²) >= 11 is 1.41. The van der Waals surface area contributed by atoms with Gasteiger partial charge in [-0.05, 0) is 49.2 Å². The van der Waals surface area contributed by atoms with Gasteiger partial charge in [0.05, 0.1) is 6.42 Å². The lowest BCUT2D eigenvalue weighted by molar-refractivity contribution is -0.115. The van der Waals surface area contributed by atoms with E-state index in [4.69, 9.17) is 0 Å². The molecule has 2 amide bonds. The molecule has 39 heavy (non-hydrogen) atoms. The topological polar surface area (TPSA) is 93.7 Å².